The van der Waals surface area contributed by atoms with Crippen molar-refractivity contribution in [2.75, 3.05) is 7.11 Å². The molecule has 0 saturated carbocycles. The SMILES string of the molecule is CONCc1ccccc1.Cl. The van der Waals surface area contributed by atoms with E-state index in [1.54, 1.807) is 7.11 Å². The lowest BCUT2D eigenvalue weighted by molar-refractivity contribution is 0.0867. The van der Waals surface area contributed by atoms with Gasteiger partial charge < -0.3 is 4.84 Å². The van der Waals surface area contributed by atoms with Gasteiger partial charge in [-0.15, -0.1) is 12.4 Å². The molecule has 0 aromatic heterocycles. The highest BCUT2D eigenvalue weighted by molar-refractivity contribution is 5.85. The highest BCUT2D eigenvalue weighted by atomic mass is 35.5. The number of halogens is 1. The minimum absolute atomic E-state index is 0. The molecule has 0 amide bonds. The smallest absolute Gasteiger partial charge is 0.0572 e. The van der Waals surface area contributed by atoms with Gasteiger partial charge in [0.15, 0.2) is 0 Å². The second-order valence-corrected chi connectivity index (χ2v) is 2.01. The Morgan fingerprint density at radius 1 is 1.27 bits per heavy atom. The molecule has 1 aromatic carbocycles. The van der Waals surface area contributed by atoms with E-state index in [1.165, 1.54) is 5.56 Å². The van der Waals surface area contributed by atoms with Crippen LogP contribution in [0.5, 0.6) is 0 Å². The molecule has 0 saturated heterocycles. The molecule has 1 rings (SSSR count). The van der Waals surface area contributed by atoms with Crippen molar-refractivity contribution in [3.63, 3.8) is 0 Å². The van der Waals surface area contributed by atoms with Crippen molar-refractivity contribution in [1.29, 1.82) is 0 Å². The average Bonchev–Trinajstić information content (AvgIpc) is 2.03. The van der Waals surface area contributed by atoms with E-state index in [4.69, 9.17) is 4.84 Å². The molecule has 0 atom stereocenters. The summed E-state index contributed by atoms with van der Waals surface area (Å²) in [6, 6.07) is 10.1. The number of hydrogen-bond donors (Lipinski definition) is 1. The van der Waals surface area contributed by atoms with Crippen molar-refractivity contribution in [3.8, 4) is 0 Å². The van der Waals surface area contributed by atoms with Crippen molar-refractivity contribution in [3.05, 3.63) is 35.9 Å². The second-order valence-electron chi connectivity index (χ2n) is 2.01. The van der Waals surface area contributed by atoms with Crippen molar-refractivity contribution >= 4 is 12.4 Å². The third-order valence-corrected chi connectivity index (χ3v) is 1.26. The zero-order valence-electron chi connectivity index (χ0n) is 6.41. The highest BCUT2D eigenvalue weighted by Crippen LogP contribution is 1.96. The van der Waals surface area contributed by atoms with Gasteiger partial charge in [0, 0.05) is 6.54 Å². The summed E-state index contributed by atoms with van der Waals surface area (Å²) >= 11 is 0. The lowest BCUT2D eigenvalue weighted by atomic mass is 10.2. The first-order valence-corrected chi connectivity index (χ1v) is 3.23. The lowest BCUT2D eigenvalue weighted by Crippen LogP contribution is -2.10. The molecule has 0 aliphatic heterocycles. The van der Waals surface area contributed by atoms with Crippen LogP contribution in [0.15, 0.2) is 30.3 Å². The fraction of sp³-hybridized carbons (Fsp3) is 0.250. The monoisotopic (exact) mass is 173 g/mol. The number of nitrogens with one attached hydrogen (secondary N) is 1. The van der Waals surface area contributed by atoms with Gasteiger partial charge in [-0.2, -0.15) is 5.48 Å². The van der Waals surface area contributed by atoms with E-state index in [1.807, 2.05) is 30.3 Å². The van der Waals surface area contributed by atoms with Crippen molar-refractivity contribution in [2.24, 2.45) is 0 Å². The van der Waals surface area contributed by atoms with Crippen molar-refractivity contribution in [2.45, 2.75) is 6.54 Å². The zero-order valence-corrected chi connectivity index (χ0v) is 7.23. The predicted molar refractivity (Wildman–Crippen MR) is 47.5 cm³/mol. The molecular formula is C8H12ClNO. The first-order chi connectivity index (χ1) is 4.93. The first kappa shape index (κ1) is 10.4. The van der Waals surface area contributed by atoms with Gasteiger partial charge in [0.1, 0.15) is 0 Å². The highest BCUT2D eigenvalue weighted by Gasteiger charge is 1.86. The van der Waals surface area contributed by atoms with Crippen LogP contribution in [-0.4, -0.2) is 7.11 Å². The van der Waals surface area contributed by atoms with E-state index >= 15 is 0 Å². The molecule has 0 aliphatic rings. The molecule has 0 radical (unpaired) electrons. The Labute approximate surface area is 72.9 Å². The Morgan fingerprint density at radius 2 is 1.91 bits per heavy atom. The minimum Gasteiger partial charge on any atom is -0.305 e. The molecule has 0 fully saturated rings. The first-order valence-electron chi connectivity index (χ1n) is 3.23. The van der Waals surface area contributed by atoms with E-state index in [2.05, 4.69) is 5.48 Å². The number of hydrogen-bond acceptors (Lipinski definition) is 2. The van der Waals surface area contributed by atoms with Crippen LogP contribution in [0.3, 0.4) is 0 Å². The summed E-state index contributed by atoms with van der Waals surface area (Å²) in [5.74, 6) is 0. The van der Waals surface area contributed by atoms with Gasteiger partial charge >= 0.3 is 0 Å². The molecular weight excluding hydrogens is 162 g/mol. The fourth-order valence-corrected chi connectivity index (χ4v) is 0.751. The molecule has 0 aliphatic carbocycles. The summed E-state index contributed by atoms with van der Waals surface area (Å²) in [6.07, 6.45) is 0. The van der Waals surface area contributed by atoms with E-state index < -0.39 is 0 Å². The Morgan fingerprint density at radius 3 is 2.45 bits per heavy atom. The maximum absolute atomic E-state index is 4.70. The molecule has 3 heteroatoms. The Bertz CT molecular complexity index is 179. The maximum atomic E-state index is 4.70. The molecule has 0 bridgehead atoms. The predicted octanol–water partition coefficient (Wildman–Crippen LogP) is 1.76. The van der Waals surface area contributed by atoms with Gasteiger partial charge in [0.2, 0.25) is 0 Å². The number of benzene rings is 1. The second kappa shape index (κ2) is 6.16. The largest absolute Gasteiger partial charge is 0.305 e. The molecule has 2 nitrogen and oxygen atoms in total. The Balaban J connectivity index is 0.000001000. The van der Waals surface area contributed by atoms with Crippen LogP contribution in [0, 0.1) is 0 Å². The standard InChI is InChI=1S/C8H11NO.ClH/c1-10-9-7-8-5-3-2-4-6-8;/h2-6,9H,7H2,1H3;1H. The zero-order chi connectivity index (χ0) is 7.23. The normalized spacial score (nSPS) is 8.82. The summed E-state index contributed by atoms with van der Waals surface area (Å²) in [6.45, 7) is 0.761. The van der Waals surface area contributed by atoms with Crippen LogP contribution in [0.2, 0.25) is 0 Å². The topological polar surface area (TPSA) is 21.3 Å². The van der Waals surface area contributed by atoms with Crippen LogP contribution >= 0.6 is 12.4 Å². The van der Waals surface area contributed by atoms with Gasteiger partial charge in [-0.3, -0.25) is 0 Å². The fourth-order valence-electron chi connectivity index (χ4n) is 0.751. The average molecular weight is 174 g/mol. The van der Waals surface area contributed by atoms with E-state index in [0.29, 0.717) is 0 Å². The molecule has 11 heavy (non-hydrogen) atoms. The van der Waals surface area contributed by atoms with Crippen LogP contribution in [0.1, 0.15) is 5.56 Å². The van der Waals surface area contributed by atoms with Crippen LogP contribution in [-0.2, 0) is 11.4 Å². The van der Waals surface area contributed by atoms with Crippen LogP contribution < -0.4 is 5.48 Å². The molecule has 1 N–H and O–H groups in total. The van der Waals surface area contributed by atoms with Gasteiger partial charge in [0.05, 0.1) is 7.11 Å². The summed E-state index contributed by atoms with van der Waals surface area (Å²) in [4.78, 5) is 4.70. The van der Waals surface area contributed by atoms with E-state index in [-0.39, 0.29) is 12.4 Å². The molecule has 0 spiro atoms. The summed E-state index contributed by atoms with van der Waals surface area (Å²) in [5, 5.41) is 0. The van der Waals surface area contributed by atoms with Gasteiger partial charge in [-0.25, -0.2) is 0 Å². The van der Waals surface area contributed by atoms with Gasteiger partial charge in [-0.1, -0.05) is 30.3 Å². The third-order valence-electron chi connectivity index (χ3n) is 1.26. The quantitative estimate of drug-likeness (QED) is 0.704. The van der Waals surface area contributed by atoms with E-state index in [0.717, 1.165) is 6.54 Å². The van der Waals surface area contributed by atoms with Gasteiger partial charge in [0.25, 0.3) is 0 Å². The molecule has 62 valence electrons. The number of hydroxylamine groups is 1. The molecule has 0 unspecified atom stereocenters. The lowest BCUT2D eigenvalue weighted by Gasteiger charge is -1.99. The number of rotatable bonds is 3. The minimum atomic E-state index is 0. The van der Waals surface area contributed by atoms with E-state index in [9.17, 15) is 0 Å². The summed E-state index contributed by atoms with van der Waals surface area (Å²) < 4.78 is 0. The summed E-state index contributed by atoms with van der Waals surface area (Å²) in [5.41, 5.74) is 3.99. The third kappa shape index (κ3) is 3.98. The van der Waals surface area contributed by atoms with Crippen molar-refractivity contribution in [1.82, 2.24) is 5.48 Å². The Kier molecular flexibility index (Phi) is 5.84. The van der Waals surface area contributed by atoms with Gasteiger partial charge in [-0.05, 0) is 5.56 Å². The van der Waals surface area contributed by atoms with Crippen LogP contribution in [0.25, 0.3) is 0 Å². The molecule has 0 heterocycles. The molecule has 1 aromatic rings. The summed E-state index contributed by atoms with van der Waals surface area (Å²) in [7, 11) is 1.61. The maximum Gasteiger partial charge on any atom is 0.0572 e. The van der Waals surface area contributed by atoms with Crippen molar-refractivity contribution < 1.29 is 4.84 Å². The Hall–Kier alpha value is -0.570. The van der Waals surface area contributed by atoms with Crippen LogP contribution in [0.4, 0.5) is 0 Å².